The minimum atomic E-state index is -4.08. The second kappa shape index (κ2) is 6.31. The first-order valence-corrected chi connectivity index (χ1v) is 7.08. The lowest BCUT2D eigenvalue weighted by Gasteiger charge is -2.12. The first-order chi connectivity index (χ1) is 9.35. The maximum atomic E-state index is 12.2. The Kier molecular flexibility index (Phi) is 5.01. The molecule has 20 heavy (non-hydrogen) atoms. The fraction of sp³-hybridized carbons (Fsp3) is 0.364. The molecule has 0 aliphatic heterocycles. The average Bonchev–Trinajstić information content (AvgIpc) is 2.43. The Morgan fingerprint density at radius 2 is 2.20 bits per heavy atom. The van der Waals surface area contributed by atoms with Gasteiger partial charge in [0.15, 0.2) is 0 Å². The molecule has 1 rings (SSSR count). The maximum absolute atomic E-state index is 12.2. The predicted molar refractivity (Wildman–Crippen MR) is 69.7 cm³/mol. The molecule has 0 spiro atoms. The topological polar surface area (TPSA) is 122 Å². The highest BCUT2D eigenvalue weighted by Gasteiger charge is 2.25. The third kappa shape index (κ3) is 3.43. The molecule has 8 nitrogen and oxygen atoms in total. The van der Waals surface area contributed by atoms with Gasteiger partial charge in [-0.2, -0.15) is 9.98 Å². The molecule has 1 aromatic carbocycles. The lowest BCUT2D eigenvalue weighted by molar-refractivity contribution is -0.385. The van der Waals surface area contributed by atoms with Gasteiger partial charge < -0.3 is 4.74 Å². The minimum Gasteiger partial charge on any atom is -0.495 e. The van der Waals surface area contributed by atoms with Crippen LogP contribution in [0.2, 0.25) is 0 Å². The molecule has 0 fully saturated rings. The van der Waals surface area contributed by atoms with Gasteiger partial charge in [0.2, 0.25) is 10.0 Å². The van der Waals surface area contributed by atoms with Crippen LogP contribution in [0, 0.1) is 21.4 Å². The highest BCUT2D eigenvalue weighted by atomic mass is 32.2. The molecule has 9 heteroatoms. The largest absolute Gasteiger partial charge is 0.495 e. The smallest absolute Gasteiger partial charge is 0.271 e. The number of benzene rings is 1. The molecule has 0 aromatic heterocycles. The van der Waals surface area contributed by atoms with Gasteiger partial charge >= 0.3 is 0 Å². The molecule has 0 saturated carbocycles. The molecule has 108 valence electrons. The lowest BCUT2D eigenvalue weighted by Crippen LogP contribution is -2.33. The Morgan fingerprint density at radius 1 is 1.55 bits per heavy atom. The van der Waals surface area contributed by atoms with Gasteiger partial charge in [0.05, 0.1) is 18.1 Å². The van der Waals surface area contributed by atoms with Crippen molar-refractivity contribution in [2.45, 2.75) is 24.3 Å². The number of sulfonamides is 1. The fourth-order valence-corrected chi connectivity index (χ4v) is 2.85. The summed E-state index contributed by atoms with van der Waals surface area (Å²) in [4.78, 5) is 9.63. The van der Waals surface area contributed by atoms with E-state index in [0.29, 0.717) is 0 Å². The highest BCUT2D eigenvalue weighted by molar-refractivity contribution is 7.89. The van der Waals surface area contributed by atoms with E-state index < -0.39 is 21.0 Å². The van der Waals surface area contributed by atoms with Crippen LogP contribution in [-0.4, -0.2) is 26.5 Å². The second-order valence-corrected chi connectivity index (χ2v) is 5.49. The predicted octanol–water partition coefficient (Wildman–Crippen LogP) is 1.18. The number of hydrogen-bond acceptors (Lipinski definition) is 6. The van der Waals surface area contributed by atoms with Gasteiger partial charge in [-0.1, -0.05) is 6.92 Å². The Hall–Kier alpha value is -2.18. The summed E-state index contributed by atoms with van der Waals surface area (Å²) in [6.07, 6.45) is 0.271. The van der Waals surface area contributed by atoms with E-state index in [4.69, 9.17) is 10.00 Å². The van der Waals surface area contributed by atoms with E-state index in [9.17, 15) is 18.5 Å². The zero-order valence-corrected chi connectivity index (χ0v) is 11.7. The van der Waals surface area contributed by atoms with Crippen molar-refractivity contribution in [2.24, 2.45) is 0 Å². The van der Waals surface area contributed by atoms with Crippen LogP contribution in [0.4, 0.5) is 5.69 Å². The molecule has 0 amide bonds. The molecule has 0 radical (unpaired) electrons. The molecule has 1 N–H and O–H groups in total. The lowest BCUT2D eigenvalue weighted by atomic mass is 10.3. The van der Waals surface area contributed by atoms with Gasteiger partial charge in [-0.05, 0) is 12.5 Å². The van der Waals surface area contributed by atoms with Crippen molar-refractivity contribution < 1.29 is 18.1 Å². The van der Waals surface area contributed by atoms with Gasteiger partial charge in [0.25, 0.3) is 5.69 Å². The van der Waals surface area contributed by atoms with Gasteiger partial charge in [-0.3, -0.25) is 10.1 Å². The molecule has 1 unspecified atom stereocenters. The number of nitro benzene ring substituents is 1. The Bertz CT molecular complexity index is 651. The Labute approximate surface area is 116 Å². The number of methoxy groups -OCH3 is 1. The molecule has 0 aliphatic rings. The minimum absolute atomic E-state index is 0.0316. The summed E-state index contributed by atoms with van der Waals surface area (Å²) in [6, 6.07) is 4.10. The number of nitrogens with one attached hydrogen (secondary N) is 1. The van der Waals surface area contributed by atoms with Crippen LogP contribution in [0.25, 0.3) is 0 Å². The first-order valence-electron chi connectivity index (χ1n) is 5.60. The molecule has 1 atom stereocenters. The summed E-state index contributed by atoms with van der Waals surface area (Å²) in [5.74, 6) is -0.0316. The molecule has 0 heterocycles. The highest BCUT2D eigenvalue weighted by Crippen LogP contribution is 2.28. The number of non-ortho nitro benzene ring substituents is 1. The number of nitriles is 1. The first kappa shape index (κ1) is 15.9. The van der Waals surface area contributed by atoms with Gasteiger partial charge in [0.1, 0.15) is 16.7 Å². The van der Waals surface area contributed by atoms with Crippen molar-refractivity contribution in [2.75, 3.05) is 7.11 Å². The van der Waals surface area contributed by atoms with E-state index in [1.165, 1.54) is 13.2 Å². The third-order valence-electron chi connectivity index (χ3n) is 2.51. The standard InChI is InChI=1S/C11H13N3O5S/c1-3-8(7-12)13-20(17,18)11-6-9(14(15)16)4-5-10(11)19-2/h4-6,8,13H,3H2,1-2H3. The molecule has 1 aromatic rings. The molecule has 0 aliphatic carbocycles. The van der Waals surface area contributed by atoms with E-state index in [0.717, 1.165) is 12.1 Å². The number of hydrogen-bond donors (Lipinski definition) is 1. The SMILES string of the molecule is CCC(C#N)NS(=O)(=O)c1cc([N+](=O)[O-])ccc1OC. The van der Waals surface area contributed by atoms with Crippen molar-refractivity contribution in [3.8, 4) is 11.8 Å². The van der Waals surface area contributed by atoms with Crippen molar-refractivity contribution in [3.05, 3.63) is 28.3 Å². The fourth-order valence-electron chi connectivity index (χ4n) is 1.44. The van der Waals surface area contributed by atoms with Gasteiger partial charge in [-0.25, -0.2) is 8.42 Å². The molecule has 0 saturated heterocycles. The van der Waals surface area contributed by atoms with Crippen LogP contribution in [0.15, 0.2) is 23.1 Å². The van der Waals surface area contributed by atoms with Gasteiger partial charge in [-0.15, -0.1) is 0 Å². The zero-order valence-electron chi connectivity index (χ0n) is 10.9. The van der Waals surface area contributed by atoms with Crippen molar-refractivity contribution in [1.29, 1.82) is 5.26 Å². The molecular formula is C11H13N3O5S. The number of nitro groups is 1. The summed E-state index contributed by atoms with van der Waals surface area (Å²) in [5, 5.41) is 19.5. The average molecular weight is 299 g/mol. The van der Waals surface area contributed by atoms with Crippen molar-refractivity contribution in [1.82, 2.24) is 4.72 Å². The summed E-state index contributed by atoms with van der Waals surface area (Å²) < 4.78 is 31.3. The second-order valence-electron chi connectivity index (χ2n) is 3.80. The summed E-state index contributed by atoms with van der Waals surface area (Å²) in [7, 11) is -2.83. The summed E-state index contributed by atoms with van der Waals surface area (Å²) in [5.41, 5.74) is -0.379. The van der Waals surface area contributed by atoms with E-state index in [1.807, 2.05) is 0 Å². The van der Waals surface area contributed by atoms with E-state index >= 15 is 0 Å². The van der Waals surface area contributed by atoms with Crippen LogP contribution in [0.5, 0.6) is 5.75 Å². The Balaban J connectivity index is 3.32. The van der Waals surface area contributed by atoms with Crippen LogP contribution in [0.3, 0.4) is 0 Å². The molecular weight excluding hydrogens is 286 g/mol. The Morgan fingerprint density at radius 3 is 2.65 bits per heavy atom. The van der Waals surface area contributed by atoms with E-state index in [-0.39, 0.29) is 22.8 Å². The summed E-state index contributed by atoms with van der Waals surface area (Å²) >= 11 is 0. The van der Waals surface area contributed by atoms with E-state index in [2.05, 4.69) is 4.72 Å². The van der Waals surface area contributed by atoms with Crippen molar-refractivity contribution in [3.63, 3.8) is 0 Å². The molecule has 0 bridgehead atoms. The third-order valence-corrected chi connectivity index (χ3v) is 4.00. The van der Waals surface area contributed by atoms with Crippen LogP contribution in [-0.2, 0) is 10.0 Å². The number of rotatable bonds is 6. The normalized spacial score (nSPS) is 12.4. The van der Waals surface area contributed by atoms with Crippen LogP contribution in [0.1, 0.15) is 13.3 Å². The summed E-state index contributed by atoms with van der Waals surface area (Å²) in [6.45, 7) is 1.64. The van der Waals surface area contributed by atoms with E-state index in [1.54, 1.807) is 13.0 Å². The van der Waals surface area contributed by atoms with Gasteiger partial charge in [0, 0.05) is 12.1 Å². The number of ether oxygens (including phenoxy) is 1. The quantitative estimate of drug-likeness (QED) is 0.621. The number of nitrogens with zero attached hydrogens (tertiary/aromatic N) is 2. The zero-order chi connectivity index (χ0) is 15.3. The van der Waals surface area contributed by atoms with Crippen LogP contribution >= 0.6 is 0 Å². The van der Waals surface area contributed by atoms with Crippen LogP contribution < -0.4 is 9.46 Å². The maximum Gasteiger partial charge on any atom is 0.271 e. The monoisotopic (exact) mass is 299 g/mol. The van der Waals surface area contributed by atoms with Crippen molar-refractivity contribution >= 4 is 15.7 Å².